The lowest BCUT2D eigenvalue weighted by atomic mass is 10.1. The van der Waals surface area contributed by atoms with E-state index in [0.29, 0.717) is 29.3 Å². The van der Waals surface area contributed by atoms with Gasteiger partial charge < -0.3 is 14.8 Å². The maximum atomic E-state index is 12.5. The standard InChI is InChI=1S/C23H24N2O5S/c1-16-4-11-20(12-5-16)31(27,28)25-19-9-7-18(8-10-19)23(26)24-15-17-6-13-21(29-2)22(14-17)30-3/h4-14,25H,15H2,1-3H3,(H,24,26). The van der Waals surface area contributed by atoms with Gasteiger partial charge in [0.2, 0.25) is 0 Å². The highest BCUT2D eigenvalue weighted by molar-refractivity contribution is 7.92. The van der Waals surface area contributed by atoms with Crippen LogP contribution in [0.4, 0.5) is 5.69 Å². The van der Waals surface area contributed by atoms with Crippen molar-refractivity contribution in [1.82, 2.24) is 5.32 Å². The van der Waals surface area contributed by atoms with Crippen molar-refractivity contribution in [3.8, 4) is 11.5 Å². The molecule has 162 valence electrons. The normalized spacial score (nSPS) is 10.9. The quantitative estimate of drug-likeness (QED) is 0.557. The van der Waals surface area contributed by atoms with E-state index in [1.165, 1.54) is 0 Å². The van der Waals surface area contributed by atoms with Crippen LogP contribution in [-0.2, 0) is 16.6 Å². The molecule has 31 heavy (non-hydrogen) atoms. The van der Waals surface area contributed by atoms with Gasteiger partial charge in [0.25, 0.3) is 15.9 Å². The molecule has 0 aromatic heterocycles. The summed E-state index contributed by atoms with van der Waals surface area (Å²) in [7, 11) is -0.585. The molecular weight excluding hydrogens is 416 g/mol. The molecule has 0 spiro atoms. The molecular formula is C23H24N2O5S. The monoisotopic (exact) mass is 440 g/mol. The van der Waals surface area contributed by atoms with Gasteiger partial charge in [0.1, 0.15) is 0 Å². The van der Waals surface area contributed by atoms with Crippen molar-refractivity contribution in [2.45, 2.75) is 18.4 Å². The molecule has 0 radical (unpaired) electrons. The summed E-state index contributed by atoms with van der Waals surface area (Å²) in [6.45, 7) is 2.19. The predicted octanol–water partition coefficient (Wildman–Crippen LogP) is 3.74. The smallest absolute Gasteiger partial charge is 0.261 e. The number of hydrogen-bond donors (Lipinski definition) is 2. The Labute approximate surface area is 182 Å². The van der Waals surface area contributed by atoms with Gasteiger partial charge in [0.05, 0.1) is 19.1 Å². The first-order valence-electron chi connectivity index (χ1n) is 9.51. The largest absolute Gasteiger partial charge is 0.493 e. The van der Waals surface area contributed by atoms with Crippen LogP contribution in [0.25, 0.3) is 0 Å². The van der Waals surface area contributed by atoms with Crippen molar-refractivity contribution in [3.05, 3.63) is 83.4 Å². The Morgan fingerprint density at radius 3 is 2.13 bits per heavy atom. The molecule has 0 aliphatic carbocycles. The van der Waals surface area contributed by atoms with E-state index >= 15 is 0 Å². The third-order valence-corrected chi connectivity index (χ3v) is 6.03. The van der Waals surface area contributed by atoms with Gasteiger partial charge in [-0.2, -0.15) is 0 Å². The van der Waals surface area contributed by atoms with Gasteiger partial charge in [-0.25, -0.2) is 8.42 Å². The number of ether oxygens (including phenoxy) is 2. The average Bonchev–Trinajstić information content (AvgIpc) is 2.77. The van der Waals surface area contributed by atoms with Crippen molar-refractivity contribution >= 4 is 21.6 Å². The molecule has 1 amide bonds. The number of anilines is 1. The van der Waals surface area contributed by atoms with Gasteiger partial charge in [-0.1, -0.05) is 23.8 Å². The molecule has 0 aliphatic rings. The number of carbonyl (C=O) groups excluding carboxylic acids is 1. The number of amides is 1. The van der Waals surface area contributed by atoms with Gasteiger partial charge in [-0.15, -0.1) is 0 Å². The number of carbonyl (C=O) groups is 1. The second-order valence-electron chi connectivity index (χ2n) is 6.87. The van der Waals surface area contributed by atoms with Crippen molar-refractivity contribution in [2.75, 3.05) is 18.9 Å². The van der Waals surface area contributed by atoms with Crippen molar-refractivity contribution in [3.63, 3.8) is 0 Å². The molecule has 2 N–H and O–H groups in total. The highest BCUT2D eigenvalue weighted by Gasteiger charge is 2.14. The maximum absolute atomic E-state index is 12.5. The second-order valence-corrected chi connectivity index (χ2v) is 8.55. The first-order valence-corrected chi connectivity index (χ1v) is 11.0. The van der Waals surface area contributed by atoms with E-state index in [1.54, 1.807) is 74.9 Å². The van der Waals surface area contributed by atoms with E-state index in [1.807, 2.05) is 13.0 Å². The molecule has 0 bridgehead atoms. The van der Waals surface area contributed by atoms with E-state index in [4.69, 9.17) is 9.47 Å². The molecule has 0 saturated carbocycles. The van der Waals surface area contributed by atoms with E-state index in [2.05, 4.69) is 10.0 Å². The Balaban J connectivity index is 1.63. The summed E-state index contributed by atoms with van der Waals surface area (Å²) in [4.78, 5) is 12.6. The lowest BCUT2D eigenvalue weighted by Crippen LogP contribution is -2.22. The molecule has 3 aromatic carbocycles. The predicted molar refractivity (Wildman–Crippen MR) is 119 cm³/mol. The molecule has 0 unspecified atom stereocenters. The highest BCUT2D eigenvalue weighted by atomic mass is 32.2. The molecule has 8 heteroatoms. The minimum Gasteiger partial charge on any atom is -0.493 e. The SMILES string of the molecule is COc1ccc(CNC(=O)c2ccc(NS(=O)(=O)c3ccc(C)cc3)cc2)cc1OC. The lowest BCUT2D eigenvalue weighted by molar-refractivity contribution is 0.0951. The fourth-order valence-corrected chi connectivity index (χ4v) is 3.95. The topological polar surface area (TPSA) is 93.7 Å². The van der Waals surface area contributed by atoms with E-state index in [0.717, 1.165) is 11.1 Å². The van der Waals surface area contributed by atoms with Crippen molar-refractivity contribution in [2.24, 2.45) is 0 Å². The van der Waals surface area contributed by atoms with Gasteiger partial charge in [-0.05, 0) is 61.0 Å². The summed E-state index contributed by atoms with van der Waals surface area (Å²) in [5.41, 5.74) is 2.62. The third kappa shape index (κ3) is 5.55. The summed E-state index contributed by atoms with van der Waals surface area (Å²) < 4.78 is 37.9. The maximum Gasteiger partial charge on any atom is 0.261 e. The zero-order valence-corrected chi connectivity index (χ0v) is 18.3. The number of sulfonamides is 1. The molecule has 0 heterocycles. The fourth-order valence-electron chi connectivity index (χ4n) is 2.90. The minimum absolute atomic E-state index is 0.176. The van der Waals surface area contributed by atoms with Crippen LogP contribution in [0.15, 0.2) is 71.6 Å². The zero-order valence-electron chi connectivity index (χ0n) is 17.5. The summed E-state index contributed by atoms with van der Waals surface area (Å²) in [5.74, 6) is 0.920. The Kier molecular flexibility index (Phi) is 6.81. The first kappa shape index (κ1) is 22.2. The Hall–Kier alpha value is -3.52. The molecule has 0 atom stereocenters. The van der Waals surface area contributed by atoms with E-state index in [-0.39, 0.29) is 10.8 Å². The van der Waals surface area contributed by atoms with E-state index < -0.39 is 10.0 Å². The van der Waals surface area contributed by atoms with Gasteiger partial charge in [-0.3, -0.25) is 9.52 Å². The summed E-state index contributed by atoms with van der Waals surface area (Å²) in [6, 6.07) is 18.2. The number of hydrogen-bond acceptors (Lipinski definition) is 5. The Morgan fingerprint density at radius 1 is 0.871 bits per heavy atom. The van der Waals surface area contributed by atoms with Crippen LogP contribution < -0.4 is 19.5 Å². The number of aryl methyl sites for hydroxylation is 1. The number of rotatable bonds is 8. The Morgan fingerprint density at radius 2 is 1.52 bits per heavy atom. The molecule has 3 rings (SSSR count). The molecule has 7 nitrogen and oxygen atoms in total. The van der Waals surface area contributed by atoms with Gasteiger partial charge in [0, 0.05) is 17.8 Å². The van der Waals surface area contributed by atoms with Crippen LogP contribution in [0, 0.1) is 6.92 Å². The zero-order chi connectivity index (χ0) is 22.4. The van der Waals surface area contributed by atoms with Gasteiger partial charge >= 0.3 is 0 Å². The molecule has 3 aromatic rings. The second kappa shape index (κ2) is 9.53. The van der Waals surface area contributed by atoms with Crippen molar-refractivity contribution in [1.29, 1.82) is 0 Å². The molecule has 0 fully saturated rings. The van der Waals surface area contributed by atoms with Crippen LogP contribution in [0.3, 0.4) is 0 Å². The van der Waals surface area contributed by atoms with Crippen LogP contribution in [-0.4, -0.2) is 28.5 Å². The van der Waals surface area contributed by atoms with Gasteiger partial charge in [0.15, 0.2) is 11.5 Å². The minimum atomic E-state index is -3.69. The number of nitrogens with one attached hydrogen (secondary N) is 2. The third-order valence-electron chi connectivity index (χ3n) is 4.63. The average molecular weight is 441 g/mol. The number of methoxy groups -OCH3 is 2. The van der Waals surface area contributed by atoms with Crippen LogP contribution in [0.1, 0.15) is 21.5 Å². The molecule has 0 saturated heterocycles. The van der Waals surface area contributed by atoms with E-state index in [9.17, 15) is 13.2 Å². The van der Waals surface area contributed by atoms with Crippen LogP contribution >= 0.6 is 0 Å². The Bertz CT molecular complexity index is 1160. The summed E-state index contributed by atoms with van der Waals surface area (Å²) in [6.07, 6.45) is 0. The first-order chi connectivity index (χ1) is 14.8. The fraction of sp³-hybridized carbons (Fsp3) is 0.174. The van der Waals surface area contributed by atoms with Crippen LogP contribution in [0.5, 0.6) is 11.5 Å². The summed E-state index contributed by atoms with van der Waals surface area (Å²) in [5, 5.41) is 2.83. The van der Waals surface area contributed by atoms with Crippen LogP contribution in [0.2, 0.25) is 0 Å². The summed E-state index contributed by atoms with van der Waals surface area (Å²) >= 11 is 0. The van der Waals surface area contributed by atoms with Crippen molar-refractivity contribution < 1.29 is 22.7 Å². The molecule has 0 aliphatic heterocycles. The lowest BCUT2D eigenvalue weighted by Gasteiger charge is -2.11. The highest BCUT2D eigenvalue weighted by Crippen LogP contribution is 2.27. The number of benzene rings is 3.